The van der Waals surface area contributed by atoms with E-state index in [1.165, 1.54) is 0 Å². The number of aldehydes is 1. The summed E-state index contributed by atoms with van der Waals surface area (Å²) in [6.45, 7) is 1.41. The predicted octanol–water partition coefficient (Wildman–Crippen LogP) is 4.70. The Kier molecular flexibility index (Phi) is 9.04. The second-order valence-electron chi connectivity index (χ2n) is 9.74. The van der Waals surface area contributed by atoms with Crippen LogP contribution in [-0.4, -0.2) is 51.2 Å². The van der Waals surface area contributed by atoms with Crippen LogP contribution in [0.3, 0.4) is 0 Å². The Labute approximate surface area is 241 Å². The number of hydrazine groups is 1. The number of benzene rings is 2. The van der Waals surface area contributed by atoms with Crippen molar-refractivity contribution in [1.82, 2.24) is 25.4 Å². The number of amides is 2. The van der Waals surface area contributed by atoms with Crippen molar-refractivity contribution in [3.63, 3.8) is 0 Å². The molecular formula is C30H29FN8O3. The van der Waals surface area contributed by atoms with Crippen molar-refractivity contribution in [2.45, 2.75) is 19.3 Å². The first-order chi connectivity index (χ1) is 20.5. The van der Waals surface area contributed by atoms with Crippen molar-refractivity contribution in [3.05, 3.63) is 96.2 Å². The smallest absolute Gasteiger partial charge is 0.274 e. The highest BCUT2D eigenvalue weighted by molar-refractivity contribution is 6.02. The maximum atomic E-state index is 14.5. The van der Waals surface area contributed by atoms with Gasteiger partial charge in [-0.1, -0.05) is 6.07 Å². The highest BCUT2D eigenvalue weighted by Crippen LogP contribution is 2.23. The summed E-state index contributed by atoms with van der Waals surface area (Å²) < 4.78 is 14.5. The third kappa shape index (κ3) is 7.49. The molecule has 4 aromatic rings. The second kappa shape index (κ2) is 13.4. The number of rotatable bonds is 10. The van der Waals surface area contributed by atoms with E-state index < -0.39 is 5.82 Å². The van der Waals surface area contributed by atoms with Crippen LogP contribution in [0.2, 0.25) is 0 Å². The van der Waals surface area contributed by atoms with Gasteiger partial charge in [0.25, 0.3) is 11.8 Å². The summed E-state index contributed by atoms with van der Waals surface area (Å²) in [6, 6.07) is 18.6. The molecule has 3 heterocycles. The summed E-state index contributed by atoms with van der Waals surface area (Å²) in [6.07, 6.45) is 5.85. The Balaban J connectivity index is 1.15. The minimum atomic E-state index is -0.643. The van der Waals surface area contributed by atoms with Crippen molar-refractivity contribution >= 4 is 46.9 Å². The Morgan fingerprint density at radius 3 is 2.26 bits per heavy atom. The molecule has 1 fully saturated rings. The Morgan fingerprint density at radius 2 is 1.57 bits per heavy atom. The van der Waals surface area contributed by atoms with Gasteiger partial charge < -0.3 is 20.7 Å². The molecule has 0 unspecified atom stereocenters. The van der Waals surface area contributed by atoms with Crippen molar-refractivity contribution in [2.24, 2.45) is 5.92 Å². The summed E-state index contributed by atoms with van der Waals surface area (Å²) in [5.74, 6) is -0.699. The van der Waals surface area contributed by atoms with Crippen LogP contribution in [0.1, 0.15) is 40.1 Å². The molecule has 0 radical (unpaired) electrons. The molecule has 42 heavy (non-hydrogen) atoms. The quantitative estimate of drug-likeness (QED) is 0.200. The Morgan fingerprint density at radius 1 is 0.881 bits per heavy atom. The Hall–Kier alpha value is -5.23. The minimum absolute atomic E-state index is 0.0364. The van der Waals surface area contributed by atoms with E-state index in [-0.39, 0.29) is 23.6 Å². The van der Waals surface area contributed by atoms with E-state index in [0.29, 0.717) is 53.7 Å². The average molecular weight is 569 g/mol. The summed E-state index contributed by atoms with van der Waals surface area (Å²) >= 11 is 0. The van der Waals surface area contributed by atoms with E-state index in [1.807, 2.05) is 5.01 Å². The predicted molar refractivity (Wildman–Crippen MR) is 156 cm³/mol. The molecule has 4 N–H and O–H groups in total. The van der Waals surface area contributed by atoms with Gasteiger partial charge in [-0.2, -0.15) is 4.98 Å². The number of hydrogen-bond acceptors (Lipinski definition) is 9. The van der Waals surface area contributed by atoms with Crippen molar-refractivity contribution < 1.29 is 18.8 Å². The third-order valence-corrected chi connectivity index (χ3v) is 6.75. The number of piperidine rings is 1. The van der Waals surface area contributed by atoms with Crippen molar-refractivity contribution in [1.29, 1.82) is 0 Å². The first kappa shape index (κ1) is 28.3. The van der Waals surface area contributed by atoms with Gasteiger partial charge in [0.1, 0.15) is 12.0 Å². The van der Waals surface area contributed by atoms with Crippen LogP contribution in [0, 0.1) is 11.7 Å². The summed E-state index contributed by atoms with van der Waals surface area (Å²) in [7, 11) is 0. The number of hydrogen-bond donors (Lipinski definition) is 4. The van der Waals surface area contributed by atoms with Gasteiger partial charge in [-0.05, 0) is 79.4 Å². The molecule has 0 spiro atoms. The fourth-order valence-corrected chi connectivity index (χ4v) is 4.44. The lowest BCUT2D eigenvalue weighted by Gasteiger charge is -2.31. The number of anilines is 5. The van der Waals surface area contributed by atoms with Crippen LogP contribution in [0.25, 0.3) is 0 Å². The van der Waals surface area contributed by atoms with Crippen molar-refractivity contribution in [2.75, 3.05) is 29.0 Å². The molecule has 5 rings (SSSR count). The highest BCUT2D eigenvalue weighted by atomic mass is 19.1. The molecule has 1 saturated heterocycles. The molecule has 2 amide bonds. The first-order valence-corrected chi connectivity index (χ1v) is 13.5. The standard InChI is InChI=1S/C30H29FN8O3/c31-25-19-33-30(36-24-6-4-21(5-7-24)28(41)38-39-16-12-20(13-17-39)14-18-40)37-27(25)34-22-8-10-23(11-9-22)35-29(42)26-3-1-2-15-32-26/h1-11,15,18-20H,12-14,16-17H2,(H,35,42)(H,38,41)(H2,33,34,36,37). The molecule has 214 valence electrons. The maximum Gasteiger partial charge on any atom is 0.274 e. The van der Waals surface area contributed by atoms with E-state index in [9.17, 15) is 18.8 Å². The lowest BCUT2D eigenvalue weighted by Crippen LogP contribution is -2.46. The molecule has 2 aromatic heterocycles. The number of nitrogens with zero attached hydrogens (tertiary/aromatic N) is 4. The van der Waals surface area contributed by atoms with Gasteiger partial charge in [0.05, 0.1) is 6.20 Å². The largest absolute Gasteiger partial charge is 0.338 e. The van der Waals surface area contributed by atoms with Gasteiger partial charge >= 0.3 is 0 Å². The van der Waals surface area contributed by atoms with Crippen molar-refractivity contribution in [3.8, 4) is 0 Å². The van der Waals surface area contributed by atoms with E-state index in [2.05, 4.69) is 36.3 Å². The topological polar surface area (TPSA) is 141 Å². The van der Waals surface area contributed by atoms with Gasteiger partial charge in [-0.3, -0.25) is 20.0 Å². The SMILES string of the molecule is O=CCC1CCN(NC(=O)c2ccc(Nc3ncc(F)c(Nc4ccc(NC(=O)c5ccccn5)cc4)n3)cc2)CC1. The monoisotopic (exact) mass is 568 g/mol. The number of carbonyl (C=O) groups is 3. The van der Waals surface area contributed by atoms with Gasteiger partial charge in [-0.15, -0.1) is 0 Å². The van der Waals surface area contributed by atoms with Crippen LogP contribution in [0.15, 0.2) is 79.1 Å². The van der Waals surface area contributed by atoms with Crippen LogP contribution in [0.4, 0.5) is 33.2 Å². The Bertz CT molecular complexity index is 1530. The molecule has 12 heteroatoms. The van der Waals surface area contributed by atoms with Crippen LogP contribution in [-0.2, 0) is 4.79 Å². The average Bonchev–Trinajstić information content (AvgIpc) is 3.01. The number of carbonyl (C=O) groups excluding carboxylic acids is 3. The van der Waals surface area contributed by atoms with Gasteiger partial charge in [0.15, 0.2) is 11.6 Å². The number of aromatic nitrogens is 3. The van der Waals surface area contributed by atoms with Crippen LogP contribution in [0.5, 0.6) is 0 Å². The minimum Gasteiger partial charge on any atom is -0.338 e. The van der Waals surface area contributed by atoms with E-state index in [4.69, 9.17) is 0 Å². The lowest BCUT2D eigenvalue weighted by molar-refractivity contribution is -0.109. The van der Waals surface area contributed by atoms with Gasteiger partial charge in [0, 0.05) is 48.3 Å². The zero-order chi connectivity index (χ0) is 29.3. The lowest BCUT2D eigenvalue weighted by atomic mass is 9.95. The molecule has 1 aliphatic rings. The van der Waals surface area contributed by atoms with E-state index in [1.54, 1.807) is 72.9 Å². The first-order valence-electron chi connectivity index (χ1n) is 13.5. The molecule has 2 aromatic carbocycles. The molecule has 0 bridgehead atoms. The molecule has 0 atom stereocenters. The zero-order valence-electron chi connectivity index (χ0n) is 22.6. The molecular weight excluding hydrogens is 539 g/mol. The second-order valence-corrected chi connectivity index (χ2v) is 9.74. The summed E-state index contributed by atoms with van der Waals surface area (Å²) in [5, 5.41) is 10.6. The fraction of sp³-hybridized carbons (Fsp3) is 0.200. The zero-order valence-corrected chi connectivity index (χ0v) is 22.6. The normalized spacial score (nSPS) is 13.6. The number of nitrogens with one attached hydrogen (secondary N) is 4. The summed E-state index contributed by atoms with van der Waals surface area (Å²) in [4.78, 5) is 47.9. The van der Waals surface area contributed by atoms with E-state index >= 15 is 0 Å². The molecule has 0 aliphatic carbocycles. The third-order valence-electron chi connectivity index (χ3n) is 6.75. The van der Waals surface area contributed by atoms with Gasteiger partial charge in [-0.25, -0.2) is 14.4 Å². The molecule has 11 nitrogen and oxygen atoms in total. The number of halogens is 1. The number of pyridine rings is 1. The van der Waals surface area contributed by atoms with E-state index in [0.717, 1.165) is 25.3 Å². The van der Waals surface area contributed by atoms with Gasteiger partial charge in [0.2, 0.25) is 5.95 Å². The summed E-state index contributed by atoms with van der Waals surface area (Å²) in [5.41, 5.74) is 5.42. The molecule has 1 aliphatic heterocycles. The maximum absolute atomic E-state index is 14.5. The van der Waals surface area contributed by atoms with Crippen LogP contribution >= 0.6 is 0 Å². The molecule has 0 saturated carbocycles. The van der Waals surface area contributed by atoms with Crippen LogP contribution < -0.4 is 21.4 Å². The fourth-order valence-electron chi connectivity index (χ4n) is 4.44. The highest BCUT2D eigenvalue weighted by Gasteiger charge is 2.20.